The van der Waals surface area contributed by atoms with Gasteiger partial charge in [-0.25, -0.2) is 14.4 Å². The summed E-state index contributed by atoms with van der Waals surface area (Å²) >= 11 is 0. The van der Waals surface area contributed by atoms with Crippen LogP contribution in [0.3, 0.4) is 0 Å². The highest BCUT2D eigenvalue weighted by Gasteiger charge is 2.50. The zero-order chi connectivity index (χ0) is 44.2. The first-order valence-corrected chi connectivity index (χ1v) is 21.1. The van der Waals surface area contributed by atoms with E-state index in [0.717, 1.165) is 38.9 Å². The van der Waals surface area contributed by atoms with E-state index >= 15 is 0 Å². The van der Waals surface area contributed by atoms with Crippen LogP contribution in [0.5, 0.6) is 0 Å². The summed E-state index contributed by atoms with van der Waals surface area (Å²) in [5.41, 5.74) is 6.05. The molecule has 5 aromatic carbocycles. The van der Waals surface area contributed by atoms with Crippen molar-refractivity contribution >= 4 is 18.2 Å². The number of alkyl carbamates (subject to hydrolysis) is 2. The van der Waals surface area contributed by atoms with Crippen LogP contribution in [-0.4, -0.2) is 85.4 Å². The number of carbonyl (C=O) groups excluding carboxylic acids is 2. The van der Waals surface area contributed by atoms with Gasteiger partial charge in [-0.2, -0.15) is 0 Å². The van der Waals surface area contributed by atoms with Gasteiger partial charge in [0.2, 0.25) is 0 Å². The SMILES string of the molecule is CC(C)(C)OC(=O)N[C@@H](CO[C@H]1O[C@H](COCc2ccccc2)[C@H](OCc2ccccc2)[C@H](OCc2ccccc2)[C@H]1NC(=O)OCC1c2ccccc2-c2ccccc21)C(=O)O. The predicted molar refractivity (Wildman–Crippen MR) is 234 cm³/mol. The molecule has 1 aliphatic heterocycles. The fourth-order valence-electron chi connectivity index (χ4n) is 7.73. The number of ether oxygens (including phenoxy) is 7. The summed E-state index contributed by atoms with van der Waals surface area (Å²) in [6.45, 7) is 5.01. The Labute approximate surface area is 367 Å². The highest BCUT2D eigenvalue weighted by atomic mass is 16.7. The van der Waals surface area contributed by atoms with Crippen LogP contribution in [0, 0.1) is 0 Å². The van der Waals surface area contributed by atoms with E-state index in [9.17, 15) is 19.5 Å². The minimum Gasteiger partial charge on any atom is -0.480 e. The molecule has 0 bridgehead atoms. The van der Waals surface area contributed by atoms with E-state index in [4.69, 9.17) is 33.2 Å². The van der Waals surface area contributed by atoms with Crippen LogP contribution in [0.1, 0.15) is 54.5 Å². The van der Waals surface area contributed by atoms with Gasteiger partial charge in [0.25, 0.3) is 0 Å². The molecule has 0 unspecified atom stereocenters. The fourth-order valence-corrected chi connectivity index (χ4v) is 7.73. The summed E-state index contributed by atoms with van der Waals surface area (Å²) in [6.07, 6.45) is -5.77. The summed E-state index contributed by atoms with van der Waals surface area (Å²) in [5, 5.41) is 15.5. The molecule has 5 aromatic rings. The highest BCUT2D eigenvalue weighted by molar-refractivity contribution is 5.80. The monoisotopic (exact) mass is 858 g/mol. The van der Waals surface area contributed by atoms with Crippen LogP contribution < -0.4 is 10.6 Å². The zero-order valence-electron chi connectivity index (χ0n) is 35.6. The van der Waals surface area contributed by atoms with Crippen molar-refractivity contribution in [3.8, 4) is 11.1 Å². The lowest BCUT2D eigenvalue weighted by atomic mass is 9.96. The number of rotatable bonds is 18. The van der Waals surface area contributed by atoms with E-state index in [1.165, 1.54) is 0 Å². The van der Waals surface area contributed by atoms with Crippen molar-refractivity contribution in [1.29, 1.82) is 0 Å². The average molecular weight is 859 g/mol. The summed E-state index contributed by atoms with van der Waals surface area (Å²) < 4.78 is 43.9. The molecule has 1 aliphatic carbocycles. The van der Waals surface area contributed by atoms with Crippen molar-refractivity contribution in [2.75, 3.05) is 19.8 Å². The number of hydrogen-bond acceptors (Lipinski definition) is 10. The van der Waals surface area contributed by atoms with Gasteiger partial charge < -0.3 is 48.9 Å². The van der Waals surface area contributed by atoms with Crippen molar-refractivity contribution < 1.29 is 52.6 Å². The maximum absolute atomic E-state index is 14.1. The Morgan fingerprint density at radius 2 is 1.14 bits per heavy atom. The molecule has 2 amide bonds. The Kier molecular flexibility index (Phi) is 15.2. The Balaban J connectivity index is 1.19. The van der Waals surface area contributed by atoms with Crippen LogP contribution in [0.25, 0.3) is 11.1 Å². The van der Waals surface area contributed by atoms with E-state index < -0.39 is 67.0 Å². The van der Waals surface area contributed by atoms with Crippen molar-refractivity contribution in [3.05, 3.63) is 167 Å². The quantitative estimate of drug-likeness (QED) is 0.0784. The molecule has 63 heavy (non-hydrogen) atoms. The third kappa shape index (κ3) is 12.3. The molecule has 6 atom stereocenters. The van der Waals surface area contributed by atoms with Crippen LogP contribution in [0.2, 0.25) is 0 Å². The second-order valence-corrected chi connectivity index (χ2v) is 16.4. The number of amides is 2. The average Bonchev–Trinajstić information content (AvgIpc) is 3.60. The third-order valence-electron chi connectivity index (χ3n) is 10.7. The largest absolute Gasteiger partial charge is 0.480 e. The molecule has 13 nitrogen and oxygen atoms in total. The molecule has 0 radical (unpaired) electrons. The topological polar surface area (TPSA) is 160 Å². The van der Waals surface area contributed by atoms with Gasteiger partial charge in [-0.15, -0.1) is 0 Å². The summed E-state index contributed by atoms with van der Waals surface area (Å²) in [5.74, 6) is -1.59. The fraction of sp³-hybridized carbons (Fsp3) is 0.340. The van der Waals surface area contributed by atoms with Gasteiger partial charge in [0.1, 0.15) is 36.6 Å². The van der Waals surface area contributed by atoms with E-state index in [2.05, 4.69) is 22.8 Å². The number of aliphatic carboxylic acids is 1. The number of carboxylic acids is 1. The molecule has 330 valence electrons. The first-order chi connectivity index (χ1) is 30.5. The van der Waals surface area contributed by atoms with Gasteiger partial charge in [0.05, 0.1) is 33.0 Å². The Morgan fingerprint density at radius 1 is 0.635 bits per heavy atom. The third-order valence-corrected chi connectivity index (χ3v) is 10.7. The Morgan fingerprint density at radius 3 is 1.68 bits per heavy atom. The van der Waals surface area contributed by atoms with Crippen molar-refractivity contribution in [3.63, 3.8) is 0 Å². The van der Waals surface area contributed by atoms with Crippen molar-refractivity contribution in [2.24, 2.45) is 0 Å². The Bertz CT molecular complexity index is 2210. The van der Waals surface area contributed by atoms with Gasteiger partial charge in [0.15, 0.2) is 12.3 Å². The first kappa shape index (κ1) is 44.9. The summed E-state index contributed by atoms with van der Waals surface area (Å²) in [4.78, 5) is 39.4. The lowest BCUT2D eigenvalue weighted by molar-refractivity contribution is -0.291. The minimum atomic E-state index is -1.55. The smallest absolute Gasteiger partial charge is 0.408 e. The van der Waals surface area contributed by atoms with Crippen LogP contribution in [-0.2, 0) is 57.8 Å². The molecule has 0 aromatic heterocycles. The second kappa shape index (κ2) is 21.3. The minimum absolute atomic E-state index is 0.00951. The molecule has 0 spiro atoms. The van der Waals surface area contributed by atoms with Crippen LogP contribution in [0.4, 0.5) is 9.59 Å². The lowest BCUT2D eigenvalue weighted by Crippen LogP contribution is -2.66. The maximum atomic E-state index is 14.1. The number of nitrogens with one attached hydrogen (secondary N) is 2. The van der Waals surface area contributed by atoms with E-state index in [1.807, 2.05) is 127 Å². The molecule has 3 N–H and O–H groups in total. The standard InChI is InChI=1S/C50H54N2O11/c1-50(2,3)63-49(56)51-41(46(53)54)31-60-47-43(52-48(55)61-30-40-38-25-15-13-23-36(38)37-24-14-16-26-39(37)40)45(59-29-35-21-11-6-12-22-35)44(58-28-34-19-9-5-10-20-34)42(62-47)32-57-27-33-17-7-4-8-18-33/h4-26,40-45,47H,27-32H2,1-3H3,(H,51,56)(H,52,55)(H,53,54)/t41-,42+,43+,44-,45+,47-/m0/s1. The van der Waals surface area contributed by atoms with Gasteiger partial charge in [-0.05, 0) is 59.7 Å². The van der Waals surface area contributed by atoms with Gasteiger partial charge >= 0.3 is 18.2 Å². The van der Waals surface area contributed by atoms with Crippen molar-refractivity contribution in [1.82, 2.24) is 10.6 Å². The van der Waals surface area contributed by atoms with E-state index in [0.29, 0.717) is 0 Å². The molecule has 7 rings (SSSR count). The molecular weight excluding hydrogens is 805 g/mol. The summed E-state index contributed by atoms with van der Waals surface area (Å²) in [7, 11) is 0. The summed E-state index contributed by atoms with van der Waals surface area (Å²) in [6, 6.07) is 42.2. The predicted octanol–water partition coefficient (Wildman–Crippen LogP) is 8.00. The molecule has 2 aliphatic rings. The molecule has 1 fully saturated rings. The Hall–Kier alpha value is -6.09. The molecule has 1 heterocycles. The van der Waals surface area contributed by atoms with Crippen molar-refractivity contribution in [2.45, 2.75) is 88.8 Å². The van der Waals surface area contributed by atoms with E-state index in [-0.39, 0.29) is 39.0 Å². The molecule has 1 saturated heterocycles. The lowest BCUT2D eigenvalue weighted by Gasteiger charge is -2.46. The van der Waals surface area contributed by atoms with Gasteiger partial charge in [0, 0.05) is 5.92 Å². The highest BCUT2D eigenvalue weighted by Crippen LogP contribution is 2.44. The number of benzene rings is 5. The van der Waals surface area contributed by atoms with Gasteiger partial charge in [-0.1, -0.05) is 140 Å². The first-order valence-electron chi connectivity index (χ1n) is 21.1. The van der Waals surface area contributed by atoms with Gasteiger partial charge in [-0.3, -0.25) is 0 Å². The maximum Gasteiger partial charge on any atom is 0.408 e. The molecule has 0 saturated carbocycles. The molecule has 13 heteroatoms. The number of hydrogen-bond donors (Lipinski definition) is 3. The normalized spacial score (nSPS) is 19.9. The van der Waals surface area contributed by atoms with Crippen LogP contribution >= 0.6 is 0 Å². The zero-order valence-corrected chi connectivity index (χ0v) is 35.6. The number of fused-ring (bicyclic) bond motifs is 3. The second-order valence-electron chi connectivity index (χ2n) is 16.4. The van der Waals surface area contributed by atoms with Crippen LogP contribution in [0.15, 0.2) is 140 Å². The van der Waals surface area contributed by atoms with E-state index in [1.54, 1.807) is 20.8 Å². The number of carbonyl (C=O) groups is 3. The number of carboxylic acid groups (broad SMARTS) is 1. The molecular formula is C50H54N2O11.